The van der Waals surface area contributed by atoms with Gasteiger partial charge in [-0.2, -0.15) is 0 Å². The van der Waals surface area contributed by atoms with Gasteiger partial charge in [0.1, 0.15) is 0 Å². The monoisotopic (exact) mass is 280 g/mol. The molecule has 0 aromatic heterocycles. The van der Waals surface area contributed by atoms with E-state index in [1.165, 1.54) is 77.4 Å². The Morgan fingerprint density at radius 3 is 2.55 bits per heavy atom. The number of hydrogen-bond donors (Lipinski definition) is 1. The lowest BCUT2D eigenvalue weighted by molar-refractivity contribution is 0.0617. The third kappa shape index (κ3) is 3.98. The van der Waals surface area contributed by atoms with Crippen LogP contribution in [-0.4, -0.2) is 36.1 Å². The molecule has 0 amide bonds. The van der Waals surface area contributed by atoms with Crippen LogP contribution >= 0.6 is 0 Å². The molecule has 1 spiro atoms. The first-order valence-corrected chi connectivity index (χ1v) is 9.22. The molecular weight excluding hydrogens is 244 g/mol. The van der Waals surface area contributed by atoms with Gasteiger partial charge in [-0.25, -0.2) is 0 Å². The molecule has 1 saturated heterocycles. The molecule has 2 rings (SSSR count). The van der Waals surface area contributed by atoms with E-state index < -0.39 is 0 Å². The molecule has 0 aromatic rings. The molecule has 0 aromatic carbocycles. The van der Waals surface area contributed by atoms with Crippen molar-refractivity contribution in [3.05, 3.63) is 0 Å². The van der Waals surface area contributed by atoms with Crippen LogP contribution in [-0.2, 0) is 0 Å². The Labute approximate surface area is 126 Å². The predicted octanol–water partition coefficient (Wildman–Crippen LogP) is 4.20. The summed E-state index contributed by atoms with van der Waals surface area (Å²) in [6.07, 6.45) is 12.5. The zero-order chi connectivity index (χ0) is 14.4. The van der Waals surface area contributed by atoms with Gasteiger partial charge < -0.3 is 5.32 Å². The van der Waals surface area contributed by atoms with E-state index in [-0.39, 0.29) is 0 Å². The van der Waals surface area contributed by atoms with Crippen molar-refractivity contribution in [1.82, 2.24) is 10.2 Å². The van der Waals surface area contributed by atoms with E-state index >= 15 is 0 Å². The first-order valence-electron chi connectivity index (χ1n) is 9.22. The van der Waals surface area contributed by atoms with Crippen LogP contribution in [0.25, 0.3) is 0 Å². The summed E-state index contributed by atoms with van der Waals surface area (Å²) in [4.78, 5) is 2.85. The Hall–Kier alpha value is -0.0800. The second-order valence-corrected chi connectivity index (χ2v) is 7.28. The quantitative estimate of drug-likeness (QED) is 0.752. The summed E-state index contributed by atoms with van der Waals surface area (Å²) in [5, 5.41) is 3.92. The number of nitrogens with one attached hydrogen (secondary N) is 1. The smallest absolute Gasteiger partial charge is 0.0309 e. The van der Waals surface area contributed by atoms with Crippen LogP contribution in [0.4, 0.5) is 0 Å². The average molecular weight is 280 g/mol. The van der Waals surface area contributed by atoms with Gasteiger partial charge in [-0.05, 0) is 31.6 Å². The van der Waals surface area contributed by atoms with Crippen LogP contribution in [0.1, 0.15) is 78.6 Å². The molecule has 0 bridgehead atoms. The Bertz CT molecular complexity index is 271. The van der Waals surface area contributed by atoms with E-state index in [0.29, 0.717) is 5.54 Å². The second-order valence-electron chi connectivity index (χ2n) is 7.28. The van der Waals surface area contributed by atoms with Crippen molar-refractivity contribution < 1.29 is 0 Å². The van der Waals surface area contributed by atoms with Gasteiger partial charge in [-0.1, -0.05) is 52.9 Å². The molecule has 1 saturated carbocycles. The number of nitrogens with zero attached hydrogens (tertiary/aromatic N) is 1. The second kappa shape index (κ2) is 7.79. The lowest BCUT2D eigenvalue weighted by Crippen LogP contribution is -2.63. The number of hydrogen-bond acceptors (Lipinski definition) is 2. The Balaban J connectivity index is 1.93. The number of piperazine rings is 1. The van der Waals surface area contributed by atoms with Crippen molar-refractivity contribution in [3.8, 4) is 0 Å². The molecule has 2 heteroatoms. The third-order valence-electron chi connectivity index (χ3n) is 5.80. The van der Waals surface area contributed by atoms with Gasteiger partial charge in [0.25, 0.3) is 0 Å². The van der Waals surface area contributed by atoms with Crippen LogP contribution in [0, 0.1) is 5.92 Å². The Kier molecular flexibility index (Phi) is 6.35. The molecule has 20 heavy (non-hydrogen) atoms. The van der Waals surface area contributed by atoms with E-state index in [4.69, 9.17) is 0 Å². The standard InChI is InChI=1S/C18H36N2/c1-4-7-10-16(5-2)14-20-15-18(11-8-9-12-18)19-13-17(20)6-3/h16-17,19H,4-15H2,1-3H3. The lowest BCUT2D eigenvalue weighted by atomic mass is 9.89. The van der Waals surface area contributed by atoms with Crippen molar-refractivity contribution in [2.45, 2.75) is 90.1 Å². The summed E-state index contributed by atoms with van der Waals surface area (Å²) in [6, 6.07) is 0.775. The molecule has 2 atom stereocenters. The topological polar surface area (TPSA) is 15.3 Å². The molecule has 1 aliphatic carbocycles. The molecule has 1 aliphatic heterocycles. The lowest BCUT2D eigenvalue weighted by Gasteiger charge is -2.47. The third-order valence-corrected chi connectivity index (χ3v) is 5.80. The predicted molar refractivity (Wildman–Crippen MR) is 88.2 cm³/mol. The Morgan fingerprint density at radius 2 is 1.95 bits per heavy atom. The fourth-order valence-corrected chi connectivity index (χ4v) is 4.29. The molecule has 2 unspecified atom stereocenters. The zero-order valence-electron chi connectivity index (χ0n) is 14.1. The summed E-state index contributed by atoms with van der Waals surface area (Å²) in [6.45, 7) is 10.9. The minimum atomic E-state index is 0.481. The average Bonchev–Trinajstić information content (AvgIpc) is 2.91. The van der Waals surface area contributed by atoms with Crippen molar-refractivity contribution in [2.24, 2.45) is 5.92 Å². The molecule has 118 valence electrons. The van der Waals surface area contributed by atoms with E-state index in [0.717, 1.165) is 12.0 Å². The summed E-state index contributed by atoms with van der Waals surface area (Å²) >= 11 is 0. The SMILES string of the molecule is CCCCC(CC)CN1CC2(CCCC2)NCC1CC. The highest BCUT2D eigenvalue weighted by Gasteiger charge is 2.40. The minimum absolute atomic E-state index is 0.481. The van der Waals surface area contributed by atoms with Gasteiger partial charge in [-0.15, -0.1) is 0 Å². The van der Waals surface area contributed by atoms with Crippen molar-refractivity contribution in [1.29, 1.82) is 0 Å². The van der Waals surface area contributed by atoms with Gasteiger partial charge in [0.2, 0.25) is 0 Å². The maximum absolute atomic E-state index is 3.92. The van der Waals surface area contributed by atoms with Crippen molar-refractivity contribution in [3.63, 3.8) is 0 Å². The number of unbranched alkanes of at least 4 members (excludes halogenated alkanes) is 1. The van der Waals surface area contributed by atoms with Gasteiger partial charge in [0.15, 0.2) is 0 Å². The van der Waals surface area contributed by atoms with Gasteiger partial charge in [0.05, 0.1) is 0 Å². The fraction of sp³-hybridized carbons (Fsp3) is 1.00. The first-order chi connectivity index (χ1) is 9.73. The summed E-state index contributed by atoms with van der Waals surface area (Å²) in [5.41, 5.74) is 0.481. The highest BCUT2D eigenvalue weighted by Crippen LogP contribution is 2.34. The van der Waals surface area contributed by atoms with Gasteiger partial charge in [-0.3, -0.25) is 4.90 Å². The van der Waals surface area contributed by atoms with Crippen LogP contribution in [0.15, 0.2) is 0 Å². The molecule has 2 fully saturated rings. The van der Waals surface area contributed by atoms with Gasteiger partial charge in [0, 0.05) is 31.2 Å². The van der Waals surface area contributed by atoms with Crippen LogP contribution in [0.5, 0.6) is 0 Å². The first kappa shape index (κ1) is 16.3. The number of rotatable bonds is 7. The van der Waals surface area contributed by atoms with E-state index in [1.54, 1.807) is 0 Å². The zero-order valence-corrected chi connectivity index (χ0v) is 14.1. The maximum atomic E-state index is 3.92. The van der Waals surface area contributed by atoms with Crippen LogP contribution < -0.4 is 5.32 Å². The molecule has 2 aliphatic rings. The highest BCUT2D eigenvalue weighted by atomic mass is 15.3. The Morgan fingerprint density at radius 1 is 1.20 bits per heavy atom. The normalized spacial score (nSPS) is 28.1. The van der Waals surface area contributed by atoms with Crippen LogP contribution in [0.2, 0.25) is 0 Å². The summed E-state index contributed by atoms with van der Waals surface area (Å²) in [7, 11) is 0. The minimum Gasteiger partial charge on any atom is -0.308 e. The largest absolute Gasteiger partial charge is 0.308 e. The van der Waals surface area contributed by atoms with E-state index in [1.807, 2.05) is 0 Å². The summed E-state index contributed by atoms with van der Waals surface area (Å²) < 4.78 is 0. The fourth-order valence-electron chi connectivity index (χ4n) is 4.29. The van der Waals surface area contributed by atoms with Crippen molar-refractivity contribution in [2.75, 3.05) is 19.6 Å². The molecule has 1 N–H and O–H groups in total. The molecule has 0 radical (unpaired) electrons. The van der Waals surface area contributed by atoms with E-state index in [9.17, 15) is 0 Å². The molecular formula is C18H36N2. The van der Waals surface area contributed by atoms with Crippen LogP contribution in [0.3, 0.4) is 0 Å². The molecule has 2 nitrogen and oxygen atoms in total. The van der Waals surface area contributed by atoms with Gasteiger partial charge >= 0.3 is 0 Å². The maximum Gasteiger partial charge on any atom is 0.0309 e. The highest BCUT2D eigenvalue weighted by molar-refractivity contribution is 5.00. The van der Waals surface area contributed by atoms with E-state index in [2.05, 4.69) is 31.0 Å². The van der Waals surface area contributed by atoms with Crippen molar-refractivity contribution >= 4 is 0 Å². The molecule has 1 heterocycles. The summed E-state index contributed by atoms with van der Waals surface area (Å²) in [5.74, 6) is 0.917.